The highest BCUT2D eigenvalue weighted by Gasteiger charge is 2.12. The van der Waals surface area contributed by atoms with E-state index in [4.69, 9.17) is 11.6 Å². The molecule has 0 fully saturated rings. The Morgan fingerprint density at radius 1 is 1.21 bits per heavy atom. The Bertz CT molecular complexity index is 702. The van der Waals surface area contributed by atoms with E-state index in [0.717, 1.165) is 4.88 Å². The van der Waals surface area contributed by atoms with E-state index < -0.39 is 0 Å². The minimum absolute atomic E-state index is 0.220. The number of urea groups is 1. The van der Waals surface area contributed by atoms with E-state index in [1.165, 1.54) is 0 Å². The summed E-state index contributed by atoms with van der Waals surface area (Å²) >= 11 is 7.73. The highest BCUT2D eigenvalue weighted by molar-refractivity contribution is 7.09. The summed E-state index contributed by atoms with van der Waals surface area (Å²) in [4.78, 5) is 25.0. The number of carbonyl (C=O) groups excluding carboxylic acids is 2. The quantitative estimate of drug-likeness (QED) is 0.721. The molecule has 1 aromatic carbocycles. The van der Waals surface area contributed by atoms with Crippen LogP contribution in [0.1, 0.15) is 29.1 Å². The molecule has 0 aliphatic rings. The van der Waals surface area contributed by atoms with Gasteiger partial charge in [0.05, 0.1) is 17.1 Å². The van der Waals surface area contributed by atoms with Gasteiger partial charge in [-0.15, -0.1) is 11.3 Å². The predicted octanol–water partition coefficient (Wildman–Crippen LogP) is 4.11. The third-order valence-electron chi connectivity index (χ3n) is 3.15. The zero-order valence-corrected chi connectivity index (χ0v) is 15.1. The first kappa shape index (κ1) is 18.3. The zero-order valence-electron chi connectivity index (χ0n) is 13.6. The number of hydrogen-bond donors (Lipinski definition) is 3. The van der Waals surface area contributed by atoms with Crippen molar-refractivity contribution in [1.29, 1.82) is 0 Å². The van der Waals surface area contributed by atoms with Crippen LogP contribution in [0.5, 0.6) is 0 Å². The fourth-order valence-electron chi connectivity index (χ4n) is 1.92. The van der Waals surface area contributed by atoms with Gasteiger partial charge in [-0.05, 0) is 35.6 Å². The molecule has 2 aromatic rings. The molecule has 128 valence electrons. The van der Waals surface area contributed by atoms with Gasteiger partial charge in [-0.3, -0.25) is 4.79 Å². The normalized spacial score (nSPS) is 10.5. The monoisotopic (exact) mass is 365 g/mol. The van der Waals surface area contributed by atoms with Crippen molar-refractivity contribution >= 4 is 40.6 Å². The van der Waals surface area contributed by atoms with Gasteiger partial charge in [0.2, 0.25) is 0 Å². The molecule has 0 saturated carbocycles. The Balaban J connectivity index is 1.91. The molecule has 0 aliphatic heterocycles. The van der Waals surface area contributed by atoms with Crippen LogP contribution in [0.2, 0.25) is 5.02 Å². The largest absolute Gasteiger partial charge is 0.352 e. The third-order valence-corrected chi connectivity index (χ3v) is 4.33. The number of hydrogen-bond acceptors (Lipinski definition) is 3. The second-order valence-corrected chi connectivity index (χ2v) is 7.12. The highest BCUT2D eigenvalue weighted by Crippen LogP contribution is 2.21. The molecular weight excluding hydrogens is 346 g/mol. The summed E-state index contributed by atoms with van der Waals surface area (Å²) in [5.74, 6) is 0.142. The average molecular weight is 366 g/mol. The number of thiophene rings is 1. The first-order chi connectivity index (χ1) is 11.5. The summed E-state index contributed by atoms with van der Waals surface area (Å²) in [5, 5.41) is 10.5. The summed E-state index contributed by atoms with van der Waals surface area (Å²) in [6, 6.07) is 8.38. The molecule has 0 bridgehead atoms. The summed E-state index contributed by atoms with van der Waals surface area (Å²) in [5.41, 5.74) is 0.922. The van der Waals surface area contributed by atoms with Gasteiger partial charge in [-0.1, -0.05) is 31.5 Å². The fourth-order valence-corrected chi connectivity index (χ4v) is 2.84. The number of carbonyl (C=O) groups is 2. The van der Waals surface area contributed by atoms with E-state index in [0.29, 0.717) is 35.3 Å². The molecule has 0 aliphatic carbocycles. The van der Waals surface area contributed by atoms with E-state index in [2.05, 4.69) is 16.0 Å². The summed E-state index contributed by atoms with van der Waals surface area (Å²) < 4.78 is 0. The predicted molar refractivity (Wildman–Crippen MR) is 98.8 cm³/mol. The fraction of sp³-hybridized carbons (Fsp3) is 0.294. The van der Waals surface area contributed by atoms with Crippen molar-refractivity contribution < 1.29 is 9.59 Å². The van der Waals surface area contributed by atoms with Crippen molar-refractivity contribution in [2.24, 2.45) is 5.92 Å². The maximum absolute atomic E-state index is 12.0. The van der Waals surface area contributed by atoms with Gasteiger partial charge in [0.1, 0.15) is 0 Å². The highest BCUT2D eigenvalue weighted by atomic mass is 35.5. The van der Waals surface area contributed by atoms with Crippen molar-refractivity contribution in [3.05, 3.63) is 51.2 Å². The van der Waals surface area contributed by atoms with E-state index in [-0.39, 0.29) is 11.9 Å². The molecule has 3 N–H and O–H groups in total. The lowest BCUT2D eigenvalue weighted by atomic mass is 10.1. The summed E-state index contributed by atoms with van der Waals surface area (Å²) in [6.45, 7) is 5.08. The first-order valence-corrected chi connectivity index (χ1v) is 8.86. The van der Waals surface area contributed by atoms with E-state index >= 15 is 0 Å². The van der Waals surface area contributed by atoms with Crippen molar-refractivity contribution in [1.82, 2.24) is 10.6 Å². The molecule has 0 atom stereocenters. The lowest BCUT2D eigenvalue weighted by molar-refractivity contribution is 0.0949. The van der Waals surface area contributed by atoms with Crippen LogP contribution in [0.4, 0.5) is 10.5 Å². The smallest absolute Gasteiger partial charge is 0.319 e. The SMILES string of the molecule is CC(C)CNC(=O)c1ccc(NC(=O)NCc2cccs2)cc1Cl. The van der Waals surface area contributed by atoms with Crippen molar-refractivity contribution in [2.75, 3.05) is 11.9 Å². The van der Waals surface area contributed by atoms with Crippen LogP contribution in [-0.2, 0) is 6.54 Å². The van der Waals surface area contributed by atoms with Crippen molar-refractivity contribution in [2.45, 2.75) is 20.4 Å². The van der Waals surface area contributed by atoms with Crippen LogP contribution >= 0.6 is 22.9 Å². The maximum Gasteiger partial charge on any atom is 0.319 e. The van der Waals surface area contributed by atoms with E-state index in [9.17, 15) is 9.59 Å². The number of nitrogens with one attached hydrogen (secondary N) is 3. The Labute approximate surface area is 150 Å². The van der Waals surface area contributed by atoms with Crippen LogP contribution < -0.4 is 16.0 Å². The van der Waals surface area contributed by atoms with Crippen LogP contribution in [0.15, 0.2) is 35.7 Å². The summed E-state index contributed by atoms with van der Waals surface area (Å²) in [7, 11) is 0. The molecule has 0 saturated heterocycles. The zero-order chi connectivity index (χ0) is 17.5. The van der Waals surface area contributed by atoms with Crippen LogP contribution in [0.3, 0.4) is 0 Å². The number of benzene rings is 1. The molecule has 0 spiro atoms. The minimum Gasteiger partial charge on any atom is -0.352 e. The molecule has 5 nitrogen and oxygen atoms in total. The number of amides is 3. The van der Waals surface area contributed by atoms with Crippen molar-refractivity contribution in [3.8, 4) is 0 Å². The van der Waals surface area contributed by atoms with E-state index in [1.54, 1.807) is 29.5 Å². The maximum atomic E-state index is 12.0. The molecule has 0 unspecified atom stereocenters. The second kappa shape index (κ2) is 8.70. The van der Waals surface area contributed by atoms with Gasteiger partial charge in [0.15, 0.2) is 0 Å². The second-order valence-electron chi connectivity index (χ2n) is 5.69. The Morgan fingerprint density at radius 2 is 2.00 bits per heavy atom. The topological polar surface area (TPSA) is 70.2 Å². The van der Waals surface area contributed by atoms with Gasteiger partial charge in [-0.2, -0.15) is 0 Å². The molecular formula is C17H20ClN3O2S. The lowest BCUT2D eigenvalue weighted by Crippen LogP contribution is -2.28. The van der Waals surface area contributed by atoms with Gasteiger partial charge >= 0.3 is 6.03 Å². The number of anilines is 1. The standard InChI is InChI=1S/C17H20ClN3O2S/c1-11(2)9-19-16(22)14-6-5-12(8-15(14)18)21-17(23)20-10-13-4-3-7-24-13/h3-8,11H,9-10H2,1-2H3,(H,19,22)(H2,20,21,23). The van der Waals surface area contributed by atoms with Gasteiger partial charge in [0, 0.05) is 17.1 Å². The first-order valence-electron chi connectivity index (χ1n) is 7.60. The number of halogens is 1. The molecule has 2 rings (SSSR count). The molecule has 1 heterocycles. The molecule has 7 heteroatoms. The molecule has 1 aromatic heterocycles. The van der Waals surface area contributed by atoms with Crippen molar-refractivity contribution in [3.63, 3.8) is 0 Å². The summed E-state index contributed by atoms with van der Waals surface area (Å²) in [6.07, 6.45) is 0. The Kier molecular flexibility index (Phi) is 6.63. The van der Waals surface area contributed by atoms with Gasteiger partial charge in [-0.25, -0.2) is 4.79 Å². The Morgan fingerprint density at radius 3 is 2.62 bits per heavy atom. The average Bonchev–Trinajstić information content (AvgIpc) is 3.04. The van der Waals surface area contributed by atoms with Crippen LogP contribution in [-0.4, -0.2) is 18.5 Å². The third kappa shape index (κ3) is 5.54. The van der Waals surface area contributed by atoms with Gasteiger partial charge in [0.25, 0.3) is 5.91 Å². The minimum atomic E-state index is -0.323. The molecule has 0 radical (unpaired) electrons. The lowest BCUT2D eigenvalue weighted by Gasteiger charge is -2.11. The number of rotatable bonds is 6. The molecule has 24 heavy (non-hydrogen) atoms. The Hall–Kier alpha value is -2.05. The van der Waals surface area contributed by atoms with Crippen LogP contribution in [0, 0.1) is 5.92 Å². The van der Waals surface area contributed by atoms with Crippen LogP contribution in [0.25, 0.3) is 0 Å². The van der Waals surface area contributed by atoms with Gasteiger partial charge < -0.3 is 16.0 Å². The van der Waals surface area contributed by atoms with E-state index in [1.807, 2.05) is 31.4 Å². The molecule has 3 amide bonds.